The first-order valence-corrected chi connectivity index (χ1v) is 10.5. The predicted octanol–water partition coefficient (Wildman–Crippen LogP) is 2.68. The molecule has 2 amide bonds. The Morgan fingerprint density at radius 1 is 1.26 bits per heavy atom. The van der Waals surface area contributed by atoms with E-state index < -0.39 is 23.2 Å². The van der Waals surface area contributed by atoms with Gasteiger partial charge in [-0.25, -0.2) is 9.18 Å². The third-order valence-corrected chi connectivity index (χ3v) is 5.90. The van der Waals surface area contributed by atoms with Gasteiger partial charge in [0, 0.05) is 17.8 Å². The fraction of sp³-hybridized carbons (Fsp3) is 0.455. The van der Waals surface area contributed by atoms with E-state index in [1.807, 2.05) is 0 Å². The van der Waals surface area contributed by atoms with Gasteiger partial charge in [0.1, 0.15) is 17.1 Å². The normalized spacial score (nSPS) is 21.1. The van der Waals surface area contributed by atoms with Gasteiger partial charge in [0.25, 0.3) is 5.91 Å². The number of fused-ring (bicyclic) bond motifs is 1. The Kier molecular flexibility index (Phi) is 5.51. The van der Waals surface area contributed by atoms with Gasteiger partial charge in [-0.05, 0) is 51.0 Å². The Morgan fingerprint density at radius 3 is 2.58 bits per heavy atom. The van der Waals surface area contributed by atoms with E-state index in [0.717, 1.165) is 25.7 Å². The zero-order chi connectivity index (χ0) is 22.2. The second kappa shape index (κ2) is 8.13. The van der Waals surface area contributed by atoms with E-state index in [0.29, 0.717) is 5.69 Å². The molecule has 164 valence electrons. The summed E-state index contributed by atoms with van der Waals surface area (Å²) in [5.41, 5.74) is -0.758. The lowest BCUT2D eigenvalue weighted by Crippen LogP contribution is -2.65. The van der Waals surface area contributed by atoms with Crippen LogP contribution < -0.4 is 10.2 Å². The number of carbonyl (C=O) groups excluding carboxylic acids is 3. The van der Waals surface area contributed by atoms with Gasteiger partial charge in [-0.3, -0.25) is 19.2 Å². The standard InChI is InChI=1S/C22H25FN4O4/c1-3-31-20(29)17-12-18-19(28)27(16-10-8-14(23)9-11-16)22(2,13-26(18)25-17)21(30)24-15-6-4-5-7-15/h8-12,15H,3-7,13H2,1-2H3,(H,24,30)/t22-/m1/s1. The van der Waals surface area contributed by atoms with Crippen LogP contribution in [0.25, 0.3) is 0 Å². The molecule has 0 bridgehead atoms. The number of ether oxygens (including phenoxy) is 1. The average molecular weight is 428 g/mol. The summed E-state index contributed by atoms with van der Waals surface area (Å²) in [6.07, 6.45) is 3.89. The number of nitrogens with zero attached hydrogens (tertiary/aromatic N) is 3. The van der Waals surface area contributed by atoms with Crippen LogP contribution in [-0.4, -0.2) is 45.8 Å². The maximum atomic E-state index is 13.5. The Bertz CT molecular complexity index is 1010. The lowest BCUT2D eigenvalue weighted by atomic mass is 9.93. The summed E-state index contributed by atoms with van der Waals surface area (Å²) in [5, 5.41) is 7.29. The molecule has 2 aliphatic rings. The molecule has 9 heteroatoms. The summed E-state index contributed by atoms with van der Waals surface area (Å²) in [7, 11) is 0. The van der Waals surface area contributed by atoms with E-state index >= 15 is 0 Å². The number of carbonyl (C=O) groups is 3. The number of anilines is 1. The first-order chi connectivity index (χ1) is 14.8. The molecule has 1 fully saturated rings. The van der Waals surface area contributed by atoms with Gasteiger partial charge in [-0.1, -0.05) is 12.8 Å². The number of hydrogen-bond acceptors (Lipinski definition) is 5. The summed E-state index contributed by atoms with van der Waals surface area (Å²) in [4.78, 5) is 40.4. The van der Waals surface area contributed by atoms with Crippen molar-refractivity contribution in [1.82, 2.24) is 15.1 Å². The topological polar surface area (TPSA) is 93.5 Å². The van der Waals surface area contributed by atoms with Crippen LogP contribution in [0.2, 0.25) is 0 Å². The smallest absolute Gasteiger partial charge is 0.358 e. The second-order valence-corrected chi connectivity index (χ2v) is 8.14. The molecule has 1 atom stereocenters. The maximum absolute atomic E-state index is 13.5. The summed E-state index contributed by atoms with van der Waals surface area (Å²) >= 11 is 0. The van der Waals surface area contributed by atoms with Crippen LogP contribution in [0.1, 0.15) is 60.5 Å². The molecule has 31 heavy (non-hydrogen) atoms. The quantitative estimate of drug-likeness (QED) is 0.739. The highest BCUT2D eigenvalue weighted by Gasteiger charge is 2.49. The van der Waals surface area contributed by atoms with Crippen LogP contribution in [-0.2, 0) is 16.1 Å². The second-order valence-electron chi connectivity index (χ2n) is 8.14. The summed E-state index contributed by atoms with van der Waals surface area (Å²) in [6.45, 7) is 3.56. The molecule has 1 saturated carbocycles. The van der Waals surface area contributed by atoms with Crippen molar-refractivity contribution in [3.05, 3.63) is 47.5 Å². The molecule has 1 aromatic carbocycles. The zero-order valence-electron chi connectivity index (χ0n) is 17.6. The van der Waals surface area contributed by atoms with Crippen molar-refractivity contribution in [3.63, 3.8) is 0 Å². The highest BCUT2D eigenvalue weighted by molar-refractivity contribution is 6.12. The third-order valence-electron chi connectivity index (χ3n) is 5.90. The van der Waals surface area contributed by atoms with Crippen molar-refractivity contribution < 1.29 is 23.5 Å². The Labute approximate surface area is 179 Å². The minimum atomic E-state index is -1.32. The van der Waals surface area contributed by atoms with Gasteiger partial charge in [0.2, 0.25) is 5.91 Å². The number of aromatic nitrogens is 2. The highest BCUT2D eigenvalue weighted by Crippen LogP contribution is 2.33. The van der Waals surface area contributed by atoms with E-state index in [9.17, 15) is 18.8 Å². The molecule has 1 aromatic heterocycles. The molecular weight excluding hydrogens is 403 g/mol. The van der Waals surface area contributed by atoms with Crippen molar-refractivity contribution in [2.75, 3.05) is 11.5 Å². The van der Waals surface area contributed by atoms with Gasteiger partial charge in [0.15, 0.2) is 5.69 Å². The lowest BCUT2D eigenvalue weighted by molar-refractivity contribution is -0.127. The molecule has 2 aromatic rings. The molecule has 0 saturated heterocycles. The first-order valence-electron chi connectivity index (χ1n) is 10.5. The van der Waals surface area contributed by atoms with Crippen molar-refractivity contribution in [2.24, 2.45) is 0 Å². The SMILES string of the molecule is CCOC(=O)c1cc2n(n1)C[C@](C)(C(=O)NC1CCCC1)N(c1ccc(F)cc1)C2=O. The van der Waals surface area contributed by atoms with E-state index in [2.05, 4.69) is 10.4 Å². The fourth-order valence-electron chi connectivity index (χ4n) is 4.29. The summed E-state index contributed by atoms with van der Waals surface area (Å²) in [6, 6.07) is 6.84. The van der Waals surface area contributed by atoms with Crippen LogP contribution >= 0.6 is 0 Å². The van der Waals surface area contributed by atoms with Gasteiger partial charge >= 0.3 is 5.97 Å². The maximum Gasteiger partial charge on any atom is 0.358 e. The third kappa shape index (κ3) is 3.80. The van der Waals surface area contributed by atoms with Gasteiger partial charge in [0.05, 0.1) is 13.2 Å². The number of amides is 2. The number of hydrogen-bond donors (Lipinski definition) is 1. The fourth-order valence-corrected chi connectivity index (χ4v) is 4.29. The molecule has 0 radical (unpaired) electrons. The number of nitrogens with one attached hydrogen (secondary N) is 1. The minimum absolute atomic E-state index is 0.00436. The number of halogens is 1. The van der Waals surface area contributed by atoms with Crippen LogP contribution in [0.4, 0.5) is 10.1 Å². The van der Waals surface area contributed by atoms with Crippen molar-refractivity contribution in [1.29, 1.82) is 0 Å². The molecule has 1 aliphatic heterocycles. The van der Waals surface area contributed by atoms with Gasteiger partial charge in [-0.15, -0.1) is 0 Å². The van der Waals surface area contributed by atoms with E-state index in [4.69, 9.17) is 4.74 Å². The largest absolute Gasteiger partial charge is 0.461 e. The molecule has 2 heterocycles. The van der Waals surface area contributed by atoms with Gasteiger partial charge in [-0.2, -0.15) is 5.10 Å². The zero-order valence-corrected chi connectivity index (χ0v) is 17.6. The van der Waals surface area contributed by atoms with Crippen molar-refractivity contribution >= 4 is 23.5 Å². The monoisotopic (exact) mass is 428 g/mol. The number of esters is 1. The van der Waals surface area contributed by atoms with Crippen LogP contribution in [0.5, 0.6) is 0 Å². The lowest BCUT2D eigenvalue weighted by Gasteiger charge is -2.43. The first kappa shape index (κ1) is 21.0. The Hall–Kier alpha value is -3.23. The summed E-state index contributed by atoms with van der Waals surface area (Å²) < 4.78 is 19.9. The molecule has 0 unspecified atom stereocenters. The molecule has 8 nitrogen and oxygen atoms in total. The Morgan fingerprint density at radius 2 is 1.94 bits per heavy atom. The van der Waals surface area contributed by atoms with Crippen molar-refractivity contribution in [2.45, 2.75) is 57.7 Å². The average Bonchev–Trinajstić information content (AvgIpc) is 3.39. The number of benzene rings is 1. The predicted molar refractivity (Wildman–Crippen MR) is 110 cm³/mol. The molecule has 0 spiro atoms. The highest BCUT2D eigenvalue weighted by atomic mass is 19.1. The van der Waals surface area contributed by atoms with Gasteiger partial charge < -0.3 is 10.1 Å². The van der Waals surface area contributed by atoms with E-state index in [1.54, 1.807) is 13.8 Å². The number of rotatable bonds is 5. The summed E-state index contributed by atoms with van der Waals surface area (Å²) in [5.74, 6) is -1.89. The molecule has 1 aliphatic carbocycles. The van der Waals surface area contributed by atoms with Crippen LogP contribution in [0.3, 0.4) is 0 Å². The molecule has 1 N–H and O–H groups in total. The van der Waals surface area contributed by atoms with Crippen LogP contribution in [0, 0.1) is 5.82 Å². The van der Waals surface area contributed by atoms with E-state index in [1.165, 1.54) is 39.9 Å². The minimum Gasteiger partial charge on any atom is -0.461 e. The Balaban J connectivity index is 1.75. The molecule has 4 rings (SSSR count). The van der Waals surface area contributed by atoms with Crippen molar-refractivity contribution in [3.8, 4) is 0 Å². The van der Waals surface area contributed by atoms with E-state index in [-0.39, 0.29) is 36.5 Å². The molecular formula is C22H25FN4O4. The van der Waals surface area contributed by atoms with Crippen LogP contribution in [0.15, 0.2) is 30.3 Å².